The second-order valence-corrected chi connectivity index (χ2v) is 7.91. The number of aromatic nitrogens is 2. The SMILES string of the molecule is CCCCCCCn1cc(CCCc2ccccc2)nc1CCCCCC. The Morgan fingerprint density at radius 3 is 2.15 bits per heavy atom. The highest BCUT2D eigenvalue weighted by Gasteiger charge is 2.08. The van der Waals surface area contributed by atoms with Gasteiger partial charge in [-0.05, 0) is 37.7 Å². The summed E-state index contributed by atoms with van der Waals surface area (Å²) in [7, 11) is 0. The third-order valence-corrected chi connectivity index (χ3v) is 5.41. The summed E-state index contributed by atoms with van der Waals surface area (Å²) in [6.45, 7) is 5.71. The Labute approximate surface area is 167 Å². The molecule has 0 saturated carbocycles. The fourth-order valence-corrected chi connectivity index (χ4v) is 3.74. The molecule has 0 spiro atoms. The lowest BCUT2D eigenvalue weighted by molar-refractivity contribution is 0.545. The molecule has 1 aromatic carbocycles. The summed E-state index contributed by atoms with van der Waals surface area (Å²) in [6, 6.07) is 10.8. The Balaban J connectivity index is 1.85. The van der Waals surface area contributed by atoms with Gasteiger partial charge < -0.3 is 4.57 Å². The van der Waals surface area contributed by atoms with Gasteiger partial charge in [0.05, 0.1) is 5.69 Å². The van der Waals surface area contributed by atoms with E-state index in [9.17, 15) is 0 Å². The molecule has 0 amide bonds. The van der Waals surface area contributed by atoms with Gasteiger partial charge >= 0.3 is 0 Å². The molecule has 150 valence electrons. The highest BCUT2D eigenvalue weighted by molar-refractivity contribution is 5.15. The number of hydrogen-bond donors (Lipinski definition) is 0. The van der Waals surface area contributed by atoms with Gasteiger partial charge in [0.25, 0.3) is 0 Å². The fraction of sp³-hybridized carbons (Fsp3) is 0.640. The Morgan fingerprint density at radius 2 is 1.41 bits per heavy atom. The largest absolute Gasteiger partial charge is 0.335 e. The number of rotatable bonds is 15. The van der Waals surface area contributed by atoms with Crippen LogP contribution in [-0.4, -0.2) is 9.55 Å². The third kappa shape index (κ3) is 8.77. The van der Waals surface area contributed by atoms with Crippen molar-refractivity contribution in [3.8, 4) is 0 Å². The van der Waals surface area contributed by atoms with Crippen LogP contribution in [0.3, 0.4) is 0 Å². The molecule has 0 radical (unpaired) electrons. The maximum atomic E-state index is 5.02. The minimum absolute atomic E-state index is 1.10. The first-order valence-electron chi connectivity index (χ1n) is 11.4. The molecule has 0 saturated heterocycles. The van der Waals surface area contributed by atoms with Crippen LogP contribution in [0.25, 0.3) is 0 Å². The van der Waals surface area contributed by atoms with Gasteiger partial charge in [-0.15, -0.1) is 0 Å². The van der Waals surface area contributed by atoms with E-state index in [-0.39, 0.29) is 0 Å². The van der Waals surface area contributed by atoms with Gasteiger partial charge in [0, 0.05) is 19.2 Å². The van der Waals surface area contributed by atoms with Gasteiger partial charge in [0.1, 0.15) is 5.82 Å². The molecule has 2 heteroatoms. The Hall–Kier alpha value is -1.57. The van der Waals surface area contributed by atoms with E-state index >= 15 is 0 Å². The van der Waals surface area contributed by atoms with E-state index in [2.05, 4.69) is 54.9 Å². The van der Waals surface area contributed by atoms with E-state index in [4.69, 9.17) is 4.98 Å². The molecule has 0 aliphatic heterocycles. The highest BCUT2D eigenvalue weighted by atomic mass is 15.1. The van der Waals surface area contributed by atoms with Crippen molar-refractivity contribution in [3.05, 3.63) is 53.6 Å². The van der Waals surface area contributed by atoms with Crippen LogP contribution in [0.15, 0.2) is 36.5 Å². The monoisotopic (exact) mass is 368 g/mol. The van der Waals surface area contributed by atoms with Gasteiger partial charge in [-0.1, -0.05) is 89.1 Å². The number of hydrogen-bond acceptors (Lipinski definition) is 1. The molecule has 1 aromatic heterocycles. The van der Waals surface area contributed by atoms with E-state index in [1.165, 1.54) is 81.3 Å². The summed E-state index contributed by atoms with van der Waals surface area (Å²) in [5.41, 5.74) is 2.73. The molecule has 2 nitrogen and oxygen atoms in total. The average molecular weight is 369 g/mol. The summed E-state index contributed by atoms with van der Waals surface area (Å²) in [5, 5.41) is 0. The minimum atomic E-state index is 1.10. The predicted octanol–water partition coefficient (Wildman–Crippen LogP) is 7.15. The minimum Gasteiger partial charge on any atom is -0.335 e. The number of benzene rings is 1. The van der Waals surface area contributed by atoms with Crippen molar-refractivity contribution < 1.29 is 0 Å². The molecule has 0 aliphatic rings. The molecule has 0 aliphatic carbocycles. The van der Waals surface area contributed by atoms with Gasteiger partial charge in [0.15, 0.2) is 0 Å². The molecule has 27 heavy (non-hydrogen) atoms. The second-order valence-electron chi connectivity index (χ2n) is 7.91. The van der Waals surface area contributed by atoms with Crippen LogP contribution in [0.4, 0.5) is 0 Å². The van der Waals surface area contributed by atoms with Crippen molar-refractivity contribution >= 4 is 0 Å². The maximum Gasteiger partial charge on any atom is 0.108 e. The molecule has 1 heterocycles. The van der Waals surface area contributed by atoms with E-state index in [1.54, 1.807) is 0 Å². The molecule has 0 fully saturated rings. The van der Waals surface area contributed by atoms with Crippen LogP contribution in [0.5, 0.6) is 0 Å². The maximum absolute atomic E-state index is 5.02. The number of unbranched alkanes of at least 4 members (excludes halogenated alkanes) is 7. The molecule has 0 N–H and O–H groups in total. The Morgan fingerprint density at radius 1 is 0.704 bits per heavy atom. The lowest BCUT2D eigenvalue weighted by Crippen LogP contribution is -2.03. The van der Waals surface area contributed by atoms with Crippen molar-refractivity contribution in [1.29, 1.82) is 0 Å². The lowest BCUT2D eigenvalue weighted by atomic mass is 10.1. The summed E-state index contributed by atoms with van der Waals surface area (Å²) in [6.07, 6.45) is 18.9. The topological polar surface area (TPSA) is 17.8 Å². The molecular formula is C25H40N2. The first-order valence-corrected chi connectivity index (χ1v) is 11.4. The molecule has 2 aromatic rings. The normalized spacial score (nSPS) is 11.2. The van der Waals surface area contributed by atoms with Crippen molar-refractivity contribution in [3.63, 3.8) is 0 Å². The Kier molecular flexibility index (Phi) is 10.9. The molecule has 0 unspecified atom stereocenters. The average Bonchev–Trinajstić information content (AvgIpc) is 3.08. The van der Waals surface area contributed by atoms with E-state index in [1.807, 2.05) is 0 Å². The van der Waals surface area contributed by atoms with Crippen LogP contribution in [-0.2, 0) is 25.8 Å². The third-order valence-electron chi connectivity index (χ3n) is 5.41. The first-order chi connectivity index (χ1) is 13.3. The van der Waals surface area contributed by atoms with Crippen LogP contribution < -0.4 is 0 Å². The van der Waals surface area contributed by atoms with Crippen molar-refractivity contribution in [2.24, 2.45) is 0 Å². The molecule has 0 atom stereocenters. The van der Waals surface area contributed by atoms with Crippen molar-refractivity contribution in [2.45, 2.75) is 104 Å². The zero-order chi connectivity index (χ0) is 19.2. The molecule has 0 bridgehead atoms. The summed E-state index contributed by atoms with van der Waals surface area (Å²) in [5.74, 6) is 1.33. The van der Waals surface area contributed by atoms with Crippen LogP contribution >= 0.6 is 0 Å². The highest BCUT2D eigenvalue weighted by Crippen LogP contribution is 2.14. The van der Waals surface area contributed by atoms with Gasteiger partial charge in [-0.3, -0.25) is 0 Å². The quantitative estimate of drug-likeness (QED) is 0.305. The zero-order valence-corrected chi connectivity index (χ0v) is 17.8. The van der Waals surface area contributed by atoms with Gasteiger partial charge in [-0.25, -0.2) is 4.98 Å². The number of imidazole rings is 1. The lowest BCUT2D eigenvalue weighted by Gasteiger charge is -2.07. The standard InChI is InChI=1S/C25H40N2/c1-3-5-7-9-14-21-27-22-24(26-25(27)20-13-8-6-4-2)19-15-18-23-16-11-10-12-17-23/h10-12,16-17,22H,3-9,13-15,18-21H2,1-2H3. The van der Waals surface area contributed by atoms with Gasteiger partial charge in [-0.2, -0.15) is 0 Å². The van der Waals surface area contributed by atoms with Crippen LogP contribution in [0.2, 0.25) is 0 Å². The van der Waals surface area contributed by atoms with E-state index < -0.39 is 0 Å². The molecular weight excluding hydrogens is 328 g/mol. The second kappa shape index (κ2) is 13.6. The summed E-state index contributed by atoms with van der Waals surface area (Å²) >= 11 is 0. The van der Waals surface area contributed by atoms with Crippen molar-refractivity contribution in [1.82, 2.24) is 9.55 Å². The van der Waals surface area contributed by atoms with Crippen LogP contribution in [0, 0.1) is 0 Å². The fourth-order valence-electron chi connectivity index (χ4n) is 3.74. The predicted molar refractivity (Wildman–Crippen MR) is 117 cm³/mol. The number of aryl methyl sites for hydroxylation is 4. The van der Waals surface area contributed by atoms with E-state index in [0.29, 0.717) is 0 Å². The van der Waals surface area contributed by atoms with Crippen LogP contribution in [0.1, 0.15) is 95.1 Å². The van der Waals surface area contributed by atoms with Gasteiger partial charge in [0.2, 0.25) is 0 Å². The zero-order valence-electron chi connectivity index (χ0n) is 17.8. The number of nitrogens with zero attached hydrogens (tertiary/aromatic N) is 2. The first kappa shape index (κ1) is 21.7. The summed E-state index contributed by atoms with van der Waals surface area (Å²) < 4.78 is 2.47. The van der Waals surface area contributed by atoms with Crippen molar-refractivity contribution in [2.75, 3.05) is 0 Å². The van der Waals surface area contributed by atoms with E-state index in [0.717, 1.165) is 25.8 Å². The molecule has 2 rings (SSSR count). The summed E-state index contributed by atoms with van der Waals surface area (Å²) in [4.78, 5) is 5.02. The Bertz CT molecular complexity index is 600. The smallest absolute Gasteiger partial charge is 0.108 e.